The average molecular weight is 196 g/mol. The van der Waals surface area contributed by atoms with E-state index < -0.39 is 5.97 Å². The summed E-state index contributed by atoms with van der Waals surface area (Å²) in [5.74, 6) is 0.171. The van der Waals surface area contributed by atoms with E-state index in [0.717, 1.165) is 44.4 Å². The first-order chi connectivity index (χ1) is 6.51. The summed E-state index contributed by atoms with van der Waals surface area (Å²) in [5, 5.41) is 9.24. The molecular weight excluding hydrogens is 176 g/mol. The van der Waals surface area contributed by atoms with Gasteiger partial charge >= 0.3 is 5.97 Å². The van der Waals surface area contributed by atoms with Crippen molar-refractivity contribution in [3.8, 4) is 0 Å². The van der Waals surface area contributed by atoms with Gasteiger partial charge in [0.05, 0.1) is 5.41 Å². The average Bonchev–Trinajstić information content (AvgIpc) is 2.20. The van der Waals surface area contributed by atoms with Crippen molar-refractivity contribution >= 4 is 5.97 Å². The first-order valence-corrected chi connectivity index (χ1v) is 5.74. The first-order valence-electron chi connectivity index (χ1n) is 5.74. The van der Waals surface area contributed by atoms with Crippen LogP contribution in [0, 0.1) is 16.7 Å². The normalized spacial score (nSPS) is 41.6. The van der Waals surface area contributed by atoms with Crippen LogP contribution in [0.5, 0.6) is 0 Å². The summed E-state index contributed by atoms with van der Waals surface area (Å²) in [5.41, 5.74) is 0.147. The van der Waals surface area contributed by atoms with Gasteiger partial charge in [-0.25, -0.2) is 0 Å². The van der Waals surface area contributed by atoms with E-state index in [-0.39, 0.29) is 5.41 Å². The summed E-state index contributed by atoms with van der Waals surface area (Å²) < 4.78 is 0. The molecule has 0 radical (unpaired) electrons. The van der Waals surface area contributed by atoms with E-state index in [2.05, 4.69) is 13.8 Å². The second-order valence-electron chi connectivity index (χ2n) is 5.60. The Kier molecular flexibility index (Phi) is 2.13. The lowest BCUT2D eigenvalue weighted by Crippen LogP contribution is -2.47. The number of carboxylic acid groups (broad SMARTS) is 1. The van der Waals surface area contributed by atoms with Gasteiger partial charge in [-0.1, -0.05) is 13.8 Å². The summed E-state index contributed by atoms with van der Waals surface area (Å²) in [6, 6.07) is 0. The van der Waals surface area contributed by atoms with Crippen LogP contribution in [0.2, 0.25) is 0 Å². The summed E-state index contributed by atoms with van der Waals surface area (Å²) in [4.78, 5) is 11.2. The molecule has 3 saturated carbocycles. The van der Waals surface area contributed by atoms with Gasteiger partial charge in [0, 0.05) is 0 Å². The molecule has 2 bridgehead atoms. The van der Waals surface area contributed by atoms with Crippen molar-refractivity contribution in [2.45, 2.75) is 52.4 Å². The summed E-state index contributed by atoms with van der Waals surface area (Å²) in [7, 11) is 0. The smallest absolute Gasteiger partial charge is 0.309 e. The van der Waals surface area contributed by atoms with Crippen LogP contribution >= 0.6 is 0 Å². The third-order valence-corrected chi connectivity index (χ3v) is 4.98. The number of hydrogen-bond acceptors (Lipinski definition) is 1. The monoisotopic (exact) mass is 196 g/mol. The van der Waals surface area contributed by atoms with Crippen LogP contribution in [-0.2, 0) is 4.79 Å². The van der Waals surface area contributed by atoms with E-state index in [0.29, 0.717) is 5.41 Å². The maximum absolute atomic E-state index is 11.2. The van der Waals surface area contributed by atoms with Crippen LogP contribution in [0.3, 0.4) is 0 Å². The van der Waals surface area contributed by atoms with E-state index >= 15 is 0 Å². The van der Waals surface area contributed by atoms with Gasteiger partial charge in [-0.3, -0.25) is 4.79 Å². The molecule has 2 heteroatoms. The van der Waals surface area contributed by atoms with Gasteiger partial charge in [0.1, 0.15) is 0 Å². The molecule has 0 spiro atoms. The van der Waals surface area contributed by atoms with Crippen molar-refractivity contribution in [2.75, 3.05) is 0 Å². The van der Waals surface area contributed by atoms with Gasteiger partial charge < -0.3 is 5.11 Å². The Hall–Kier alpha value is -0.530. The molecule has 0 heterocycles. The predicted octanol–water partition coefficient (Wildman–Crippen LogP) is 3.07. The van der Waals surface area contributed by atoms with Crippen LogP contribution in [-0.4, -0.2) is 11.1 Å². The Balaban J connectivity index is 2.17. The molecule has 0 aliphatic heterocycles. The zero-order valence-corrected chi connectivity index (χ0v) is 9.18. The highest BCUT2D eigenvalue weighted by atomic mass is 16.4. The van der Waals surface area contributed by atoms with Crippen molar-refractivity contribution in [3.05, 3.63) is 0 Å². The number of carbonyl (C=O) groups is 1. The largest absolute Gasteiger partial charge is 0.481 e. The fourth-order valence-corrected chi connectivity index (χ4v) is 3.40. The Morgan fingerprint density at radius 3 is 1.79 bits per heavy atom. The molecule has 0 atom stereocenters. The van der Waals surface area contributed by atoms with Crippen molar-refractivity contribution in [1.29, 1.82) is 0 Å². The quantitative estimate of drug-likeness (QED) is 0.737. The molecule has 0 unspecified atom stereocenters. The van der Waals surface area contributed by atoms with Crippen LogP contribution < -0.4 is 0 Å². The molecule has 2 nitrogen and oxygen atoms in total. The van der Waals surface area contributed by atoms with Crippen LogP contribution in [0.4, 0.5) is 0 Å². The van der Waals surface area contributed by atoms with Crippen molar-refractivity contribution < 1.29 is 9.90 Å². The lowest BCUT2D eigenvalue weighted by molar-refractivity contribution is -0.160. The van der Waals surface area contributed by atoms with Crippen LogP contribution in [0.15, 0.2) is 0 Å². The highest BCUT2D eigenvalue weighted by molar-refractivity contribution is 5.75. The maximum atomic E-state index is 11.2. The molecule has 80 valence electrons. The van der Waals surface area contributed by atoms with E-state index in [1.165, 1.54) is 0 Å². The van der Waals surface area contributed by atoms with Crippen LogP contribution in [0.1, 0.15) is 52.4 Å². The standard InChI is InChI=1S/C12H20O2/c1-9(2)11-3-6-12(7-4-11,8-5-11)10(13)14/h9H,3-8H2,1-2H3,(H,13,14). The second-order valence-corrected chi connectivity index (χ2v) is 5.60. The lowest BCUT2D eigenvalue weighted by Gasteiger charge is -2.53. The Labute approximate surface area is 85.7 Å². The zero-order chi connectivity index (χ0) is 10.4. The Bertz CT molecular complexity index is 231. The van der Waals surface area contributed by atoms with Gasteiger partial charge in [-0.15, -0.1) is 0 Å². The molecule has 14 heavy (non-hydrogen) atoms. The van der Waals surface area contributed by atoms with Crippen molar-refractivity contribution in [1.82, 2.24) is 0 Å². The van der Waals surface area contributed by atoms with E-state index in [4.69, 9.17) is 0 Å². The Morgan fingerprint density at radius 2 is 1.50 bits per heavy atom. The first kappa shape index (κ1) is 10.0. The molecule has 0 saturated heterocycles. The SMILES string of the molecule is CC(C)C12CCC(C(=O)O)(CC1)CC2. The minimum absolute atomic E-state index is 0.337. The van der Waals surface area contributed by atoms with Gasteiger partial charge in [0.15, 0.2) is 0 Å². The number of hydrogen-bond donors (Lipinski definition) is 1. The number of rotatable bonds is 2. The summed E-state index contributed by atoms with van der Waals surface area (Å²) in [6.07, 6.45) is 6.16. The molecule has 0 aromatic heterocycles. The molecule has 1 N–H and O–H groups in total. The van der Waals surface area contributed by atoms with E-state index in [1.54, 1.807) is 0 Å². The molecule has 0 aromatic rings. The number of aliphatic carboxylic acids is 1. The fraction of sp³-hybridized carbons (Fsp3) is 0.917. The number of carboxylic acids is 1. The summed E-state index contributed by atoms with van der Waals surface area (Å²) >= 11 is 0. The fourth-order valence-electron chi connectivity index (χ4n) is 3.40. The zero-order valence-electron chi connectivity index (χ0n) is 9.18. The van der Waals surface area contributed by atoms with Gasteiger partial charge in [0.2, 0.25) is 0 Å². The lowest BCUT2D eigenvalue weighted by atomic mass is 9.51. The molecule has 0 aromatic carbocycles. The highest BCUT2D eigenvalue weighted by Crippen LogP contribution is 2.59. The third-order valence-electron chi connectivity index (χ3n) is 4.98. The van der Waals surface area contributed by atoms with Gasteiger partial charge in [-0.2, -0.15) is 0 Å². The Morgan fingerprint density at radius 1 is 1.07 bits per heavy atom. The second kappa shape index (κ2) is 2.98. The maximum Gasteiger partial charge on any atom is 0.309 e. The van der Waals surface area contributed by atoms with Gasteiger partial charge in [0.25, 0.3) is 0 Å². The minimum Gasteiger partial charge on any atom is -0.481 e. The predicted molar refractivity (Wildman–Crippen MR) is 55.0 cm³/mol. The van der Waals surface area contributed by atoms with Crippen LogP contribution in [0.25, 0.3) is 0 Å². The molecule has 0 amide bonds. The van der Waals surface area contributed by atoms with Gasteiger partial charge in [-0.05, 0) is 49.9 Å². The third kappa shape index (κ3) is 1.19. The molecule has 3 fully saturated rings. The molecule has 3 rings (SSSR count). The topological polar surface area (TPSA) is 37.3 Å². The summed E-state index contributed by atoms with van der Waals surface area (Å²) in [6.45, 7) is 4.58. The van der Waals surface area contributed by atoms with Crippen molar-refractivity contribution in [3.63, 3.8) is 0 Å². The molecule has 3 aliphatic carbocycles. The molecule has 3 aliphatic rings. The minimum atomic E-state index is -0.547. The van der Waals surface area contributed by atoms with Crippen molar-refractivity contribution in [2.24, 2.45) is 16.7 Å². The van der Waals surface area contributed by atoms with E-state index in [1.807, 2.05) is 0 Å². The molecular formula is C12H20O2. The van der Waals surface area contributed by atoms with E-state index in [9.17, 15) is 9.90 Å². The highest BCUT2D eigenvalue weighted by Gasteiger charge is 2.53. The number of fused-ring (bicyclic) bond motifs is 3.